The second-order valence-electron chi connectivity index (χ2n) is 9.18. The number of halogens is 2. The number of nitrogens with zero attached hydrogens (tertiary/aromatic N) is 4. The molecule has 11 heteroatoms. The molecular weight excluding hydrogens is 486 g/mol. The maximum absolute atomic E-state index is 14.1. The summed E-state index contributed by atoms with van der Waals surface area (Å²) in [6.45, 7) is 2.95. The molecule has 1 spiro atoms. The number of carbonyl (C=O) groups is 2. The van der Waals surface area contributed by atoms with E-state index in [1.807, 2.05) is 6.92 Å². The second-order valence-corrected chi connectivity index (χ2v) is 10.1. The number of benzene rings is 1. The summed E-state index contributed by atoms with van der Waals surface area (Å²) in [7, 11) is 0. The number of amides is 2. The van der Waals surface area contributed by atoms with Gasteiger partial charge in [-0.15, -0.1) is 11.3 Å². The largest absolute Gasteiger partial charge is 0.381 e. The molecule has 3 aromatic heterocycles. The van der Waals surface area contributed by atoms with Gasteiger partial charge in [0.15, 0.2) is 11.6 Å². The molecule has 2 aliphatic rings. The molecule has 2 amide bonds. The summed E-state index contributed by atoms with van der Waals surface area (Å²) < 4.78 is 28.1. The van der Waals surface area contributed by atoms with Crippen molar-refractivity contribution in [2.75, 3.05) is 18.8 Å². The quantitative estimate of drug-likeness (QED) is 0.429. The lowest BCUT2D eigenvalue weighted by Gasteiger charge is -2.34. The molecule has 2 aliphatic heterocycles. The highest BCUT2D eigenvalue weighted by atomic mass is 32.1. The number of nitrogens with one attached hydrogen (secondary N) is 1. The number of thiazole rings is 1. The van der Waals surface area contributed by atoms with Crippen LogP contribution in [0.25, 0.3) is 11.0 Å². The highest BCUT2D eigenvalue weighted by Gasteiger charge is 2.59. The van der Waals surface area contributed by atoms with Crippen LogP contribution in [-0.2, 0) is 23.3 Å². The SMILES string of the molecule is Cc1ncsc1CCN1CC[C@@]2(C1=O)c1ccc(F)cc1C(=O)N2Cc1cc2nc(N)c(F)cc2[nH]1. The number of rotatable bonds is 5. The number of hydrogen-bond donors (Lipinski definition) is 2. The third kappa shape index (κ3) is 3.29. The fourth-order valence-electron chi connectivity index (χ4n) is 5.37. The molecule has 6 rings (SSSR count). The standard InChI is InChI=1S/C25H22F2N6O2S/c1-13-21(36-12-29-13)4-6-32-7-5-25(24(32)35)17-3-2-14(26)8-16(17)23(34)33(25)11-15-9-19-20(30-15)10-18(27)22(28)31-19/h2-3,8-10,12,30H,4-7,11H2,1H3,(H2,28,31)/t25-/m0/s1. The molecule has 36 heavy (non-hydrogen) atoms. The van der Waals surface area contributed by atoms with Gasteiger partial charge in [0, 0.05) is 53.7 Å². The highest BCUT2D eigenvalue weighted by molar-refractivity contribution is 7.09. The maximum atomic E-state index is 14.1. The average Bonchev–Trinajstić information content (AvgIpc) is 3.57. The first kappa shape index (κ1) is 22.6. The fraction of sp³-hybridized carbons (Fsp3) is 0.280. The van der Waals surface area contributed by atoms with E-state index in [1.165, 1.54) is 23.1 Å². The van der Waals surface area contributed by atoms with E-state index in [0.717, 1.165) is 10.6 Å². The summed E-state index contributed by atoms with van der Waals surface area (Å²) in [6.07, 6.45) is 1.06. The third-order valence-electron chi connectivity index (χ3n) is 7.17. The zero-order valence-corrected chi connectivity index (χ0v) is 20.2. The van der Waals surface area contributed by atoms with Crippen LogP contribution in [0, 0.1) is 18.6 Å². The minimum atomic E-state index is -1.24. The van der Waals surface area contributed by atoms with E-state index in [9.17, 15) is 18.4 Å². The molecule has 4 aromatic rings. The van der Waals surface area contributed by atoms with Crippen LogP contribution >= 0.6 is 11.3 Å². The molecular formula is C25H22F2N6O2S. The smallest absolute Gasteiger partial charge is 0.255 e. The summed E-state index contributed by atoms with van der Waals surface area (Å²) in [6, 6.07) is 6.95. The highest BCUT2D eigenvalue weighted by Crippen LogP contribution is 2.47. The van der Waals surface area contributed by atoms with E-state index in [0.29, 0.717) is 48.2 Å². The molecule has 1 fully saturated rings. The van der Waals surface area contributed by atoms with E-state index in [-0.39, 0.29) is 23.8 Å². The van der Waals surface area contributed by atoms with E-state index >= 15 is 0 Å². The molecule has 1 aromatic carbocycles. The first-order chi connectivity index (χ1) is 17.3. The molecule has 0 bridgehead atoms. The van der Waals surface area contributed by atoms with Crippen LogP contribution in [0.4, 0.5) is 14.6 Å². The predicted molar refractivity (Wildman–Crippen MR) is 130 cm³/mol. The summed E-state index contributed by atoms with van der Waals surface area (Å²) in [5.41, 5.74) is 9.25. The van der Waals surface area contributed by atoms with Gasteiger partial charge >= 0.3 is 0 Å². The lowest BCUT2D eigenvalue weighted by atomic mass is 9.87. The van der Waals surface area contributed by atoms with Gasteiger partial charge in [0.2, 0.25) is 0 Å². The number of nitrogen functional groups attached to an aromatic ring is 1. The zero-order valence-electron chi connectivity index (χ0n) is 19.3. The molecule has 0 saturated carbocycles. The summed E-state index contributed by atoms with van der Waals surface area (Å²) in [4.78, 5) is 43.3. The summed E-state index contributed by atoms with van der Waals surface area (Å²) >= 11 is 1.55. The molecule has 1 saturated heterocycles. The van der Waals surface area contributed by atoms with E-state index in [1.54, 1.807) is 33.9 Å². The van der Waals surface area contributed by atoms with Gasteiger partial charge in [-0.05, 0) is 25.1 Å². The monoisotopic (exact) mass is 508 g/mol. The van der Waals surface area contributed by atoms with Crippen LogP contribution in [0.3, 0.4) is 0 Å². The number of aromatic nitrogens is 3. The van der Waals surface area contributed by atoms with Crippen LogP contribution in [0.5, 0.6) is 0 Å². The van der Waals surface area contributed by atoms with Crippen LogP contribution in [-0.4, -0.2) is 49.7 Å². The van der Waals surface area contributed by atoms with Crippen LogP contribution in [0.2, 0.25) is 0 Å². The predicted octanol–water partition coefficient (Wildman–Crippen LogP) is 3.51. The number of hydrogen-bond acceptors (Lipinski definition) is 6. The average molecular weight is 509 g/mol. The molecule has 3 N–H and O–H groups in total. The van der Waals surface area contributed by atoms with Crippen LogP contribution in [0.1, 0.15) is 38.6 Å². The Labute approximate surface area is 208 Å². The van der Waals surface area contributed by atoms with Crippen molar-refractivity contribution in [1.82, 2.24) is 24.8 Å². The van der Waals surface area contributed by atoms with Gasteiger partial charge in [-0.2, -0.15) is 0 Å². The van der Waals surface area contributed by atoms with E-state index in [2.05, 4.69) is 15.0 Å². The summed E-state index contributed by atoms with van der Waals surface area (Å²) in [5, 5.41) is 0. The Hall–Kier alpha value is -3.86. The van der Waals surface area contributed by atoms with Crippen LogP contribution in [0.15, 0.2) is 35.8 Å². The Bertz CT molecular complexity index is 1510. The lowest BCUT2D eigenvalue weighted by molar-refractivity contribution is -0.137. The Morgan fingerprint density at radius 2 is 2.06 bits per heavy atom. The molecule has 0 unspecified atom stereocenters. The van der Waals surface area contributed by atoms with Crippen molar-refractivity contribution in [3.8, 4) is 0 Å². The molecule has 8 nitrogen and oxygen atoms in total. The van der Waals surface area contributed by atoms with Crippen LogP contribution < -0.4 is 5.73 Å². The maximum Gasteiger partial charge on any atom is 0.255 e. The van der Waals surface area contributed by atoms with Crippen molar-refractivity contribution in [2.45, 2.75) is 31.8 Å². The summed E-state index contributed by atoms with van der Waals surface area (Å²) in [5.74, 6) is -2.02. The molecule has 5 heterocycles. The van der Waals surface area contributed by atoms with Gasteiger partial charge in [-0.25, -0.2) is 18.7 Å². The first-order valence-electron chi connectivity index (χ1n) is 11.5. The van der Waals surface area contributed by atoms with Crippen molar-refractivity contribution >= 4 is 40.0 Å². The van der Waals surface area contributed by atoms with Crippen molar-refractivity contribution in [2.24, 2.45) is 0 Å². The Kier molecular flexibility index (Phi) is 5.08. The van der Waals surface area contributed by atoms with Gasteiger partial charge in [0.25, 0.3) is 11.8 Å². The van der Waals surface area contributed by atoms with Crippen molar-refractivity contribution in [3.05, 3.63) is 74.9 Å². The minimum absolute atomic E-state index is 0.0422. The van der Waals surface area contributed by atoms with Gasteiger partial charge < -0.3 is 20.5 Å². The molecule has 0 aliphatic carbocycles. The molecule has 1 atom stereocenters. The van der Waals surface area contributed by atoms with E-state index < -0.39 is 23.1 Å². The Morgan fingerprint density at radius 1 is 1.22 bits per heavy atom. The van der Waals surface area contributed by atoms with Gasteiger partial charge in [-0.1, -0.05) is 6.07 Å². The number of aromatic amines is 1. The Balaban J connectivity index is 1.36. The van der Waals surface area contributed by atoms with Gasteiger partial charge in [0.05, 0.1) is 28.8 Å². The van der Waals surface area contributed by atoms with Crippen molar-refractivity contribution in [1.29, 1.82) is 0 Å². The van der Waals surface area contributed by atoms with Crippen molar-refractivity contribution in [3.63, 3.8) is 0 Å². The second kappa shape index (κ2) is 8.09. The number of nitrogens with two attached hydrogens (primary N) is 1. The van der Waals surface area contributed by atoms with Gasteiger partial charge in [0.1, 0.15) is 11.4 Å². The minimum Gasteiger partial charge on any atom is -0.381 e. The zero-order chi connectivity index (χ0) is 25.2. The van der Waals surface area contributed by atoms with Crippen molar-refractivity contribution < 1.29 is 18.4 Å². The lowest BCUT2D eigenvalue weighted by Crippen LogP contribution is -2.49. The number of carbonyl (C=O) groups excluding carboxylic acids is 2. The normalized spacial score (nSPS) is 19.3. The first-order valence-corrected chi connectivity index (χ1v) is 12.4. The topological polar surface area (TPSA) is 108 Å². The Morgan fingerprint density at radius 3 is 2.83 bits per heavy atom. The number of anilines is 1. The molecule has 0 radical (unpaired) electrons. The van der Waals surface area contributed by atoms with Gasteiger partial charge in [-0.3, -0.25) is 9.59 Å². The number of H-pyrrole nitrogens is 1. The molecule has 184 valence electrons. The number of aryl methyl sites for hydroxylation is 1. The third-order valence-corrected chi connectivity index (χ3v) is 8.16. The number of pyridine rings is 1. The number of likely N-dealkylation sites (tertiary alicyclic amines) is 1. The fourth-order valence-corrected chi connectivity index (χ4v) is 6.14. The van der Waals surface area contributed by atoms with E-state index in [4.69, 9.17) is 5.73 Å². The number of fused-ring (bicyclic) bond motifs is 3.